The molecule has 1 aromatic rings. The van der Waals surface area contributed by atoms with Crippen molar-refractivity contribution in [3.8, 4) is 18.4 Å². The first-order valence-electron chi connectivity index (χ1n) is 8.10. The molecule has 0 heterocycles. The van der Waals surface area contributed by atoms with Crippen molar-refractivity contribution in [1.82, 2.24) is 0 Å². The molecule has 0 bridgehead atoms. The summed E-state index contributed by atoms with van der Waals surface area (Å²) in [6.07, 6.45) is 5.94. The maximum absolute atomic E-state index is 14.1. The molecule has 3 nitrogen and oxygen atoms in total. The molecule has 0 spiro atoms. The van der Waals surface area contributed by atoms with Gasteiger partial charge in [0.05, 0.1) is 17.6 Å². The summed E-state index contributed by atoms with van der Waals surface area (Å²) in [6, 6.07) is 1.95. The molecule has 0 saturated heterocycles. The molecule has 27 heavy (non-hydrogen) atoms. The van der Waals surface area contributed by atoms with E-state index in [0.29, 0.717) is 5.57 Å². The smallest absolute Gasteiger partial charge is 0.310 e. The molecule has 7 heteroatoms. The van der Waals surface area contributed by atoms with Crippen molar-refractivity contribution in [2.24, 2.45) is 17.3 Å². The molecular weight excluding hydrogens is 362 g/mol. The third kappa shape index (κ3) is 3.68. The second-order valence-corrected chi connectivity index (χ2v) is 6.99. The minimum atomic E-state index is -1.64. The Bertz CT molecular complexity index is 877. The topological polar surface area (TPSA) is 50.1 Å². The Balaban J connectivity index is 2.20. The minimum absolute atomic E-state index is 0.272. The highest BCUT2D eigenvalue weighted by molar-refractivity contribution is 5.78. The number of rotatable bonds is 5. The van der Waals surface area contributed by atoms with Gasteiger partial charge in [0.1, 0.15) is 6.61 Å². The Morgan fingerprint density at radius 1 is 1.19 bits per heavy atom. The van der Waals surface area contributed by atoms with E-state index in [4.69, 9.17) is 16.4 Å². The molecule has 0 N–H and O–H groups in total. The van der Waals surface area contributed by atoms with Crippen LogP contribution >= 0.6 is 0 Å². The number of halogens is 4. The number of carbonyl (C=O) groups is 1. The number of nitriles is 1. The molecule has 1 aliphatic carbocycles. The Hall–Kier alpha value is -2.80. The Morgan fingerprint density at radius 3 is 2.19 bits per heavy atom. The lowest BCUT2D eigenvalue weighted by Crippen LogP contribution is -2.14. The van der Waals surface area contributed by atoms with Gasteiger partial charge in [0.15, 0.2) is 23.3 Å². The molecule has 1 saturated carbocycles. The minimum Gasteiger partial charge on any atom is -0.460 e. The zero-order valence-electron chi connectivity index (χ0n) is 15.0. The molecule has 2 rings (SSSR count). The number of hydrogen-bond acceptors (Lipinski definition) is 3. The van der Waals surface area contributed by atoms with Gasteiger partial charge in [0, 0.05) is 17.6 Å². The Labute approximate surface area is 154 Å². The molecule has 1 fully saturated rings. The van der Waals surface area contributed by atoms with Gasteiger partial charge in [-0.1, -0.05) is 19.9 Å². The van der Waals surface area contributed by atoms with E-state index in [1.165, 1.54) is 0 Å². The van der Waals surface area contributed by atoms with Crippen LogP contribution in [0.15, 0.2) is 11.6 Å². The van der Waals surface area contributed by atoms with E-state index in [-0.39, 0.29) is 5.92 Å². The molecule has 0 aromatic heterocycles. The number of esters is 1. The summed E-state index contributed by atoms with van der Waals surface area (Å²) in [6.45, 7) is 4.19. The highest BCUT2D eigenvalue weighted by Crippen LogP contribution is 2.59. The van der Waals surface area contributed by atoms with Crippen LogP contribution in [0.1, 0.15) is 31.9 Å². The largest absolute Gasteiger partial charge is 0.460 e. The van der Waals surface area contributed by atoms with E-state index in [0.717, 1.165) is 0 Å². The first-order valence-corrected chi connectivity index (χ1v) is 8.10. The SMILES string of the molecule is C#CCc1c(F)c(F)c(COC(=O)[C@@H]2[C@@H](/C=C(\C)C#N)C2(C)C)c(F)c1F. The van der Waals surface area contributed by atoms with Crippen molar-refractivity contribution in [2.45, 2.75) is 33.8 Å². The monoisotopic (exact) mass is 379 g/mol. The summed E-state index contributed by atoms with van der Waals surface area (Å²) in [5, 5.41) is 8.83. The van der Waals surface area contributed by atoms with Crippen molar-refractivity contribution < 1.29 is 27.1 Å². The summed E-state index contributed by atoms with van der Waals surface area (Å²) in [5.41, 5.74) is -1.98. The van der Waals surface area contributed by atoms with Gasteiger partial charge >= 0.3 is 5.97 Å². The van der Waals surface area contributed by atoms with E-state index in [9.17, 15) is 22.4 Å². The normalized spacial score (nSPS) is 20.6. The van der Waals surface area contributed by atoms with Crippen molar-refractivity contribution >= 4 is 5.97 Å². The number of ether oxygens (including phenoxy) is 1. The van der Waals surface area contributed by atoms with Gasteiger partial charge in [-0.2, -0.15) is 5.26 Å². The predicted octanol–water partition coefficient (Wildman–Crippen LogP) is 4.20. The Morgan fingerprint density at radius 2 is 1.70 bits per heavy atom. The number of hydrogen-bond donors (Lipinski definition) is 0. The van der Waals surface area contributed by atoms with Crippen LogP contribution in [0.4, 0.5) is 17.6 Å². The van der Waals surface area contributed by atoms with E-state index >= 15 is 0 Å². The van der Waals surface area contributed by atoms with Gasteiger partial charge < -0.3 is 4.74 Å². The van der Waals surface area contributed by atoms with Gasteiger partial charge in [-0.3, -0.25) is 4.79 Å². The van der Waals surface area contributed by atoms with Crippen molar-refractivity contribution in [2.75, 3.05) is 0 Å². The van der Waals surface area contributed by atoms with Crippen LogP contribution in [0.5, 0.6) is 0 Å². The highest BCUT2D eigenvalue weighted by Gasteiger charge is 2.61. The Kier molecular flexibility index (Phi) is 5.65. The zero-order valence-corrected chi connectivity index (χ0v) is 15.0. The number of allylic oxidation sites excluding steroid dienone is 2. The van der Waals surface area contributed by atoms with E-state index in [1.807, 2.05) is 12.0 Å². The van der Waals surface area contributed by atoms with Crippen molar-refractivity contribution in [3.05, 3.63) is 46.0 Å². The fourth-order valence-corrected chi connectivity index (χ4v) is 3.09. The first-order chi connectivity index (χ1) is 12.6. The second-order valence-electron chi connectivity index (χ2n) is 6.99. The third-order valence-electron chi connectivity index (χ3n) is 4.85. The average molecular weight is 379 g/mol. The van der Waals surface area contributed by atoms with Crippen molar-refractivity contribution in [3.63, 3.8) is 0 Å². The summed E-state index contributed by atoms with van der Waals surface area (Å²) < 4.78 is 60.8. The molecule has 142 valence electrons. The van der Waals surface area contributed by atoms with Crippen LogP contribution < -0.4 is 0 Å². The molecule has 0 radical (unpaired) electrons. The van der Waals surface area contributed by atoms with E-state index in [2.05, 4.69) is 0 Å². The van der Waals surface area contributed by atoms with Crippen LogP contribution in [0.3, 0.4) is 0 Å². The van der Waals surface area contributed by atoms with Crippen LogP contribution in [0.2, 0.25) is 0 Å². The quantitative estimate of drug-likeness (QED) is 0.253. The maximum Gasteiger partial charge on any atom is 0.310 e. The van der Waals surface area contributed by atoms with Gasteiger partial charge in [-0.05, 0) is 18.3 Å². The van der Waals surface area contributed by atoms with Crippen LogP contribution in [0, 0.1) is 64.2 Å². The number of carbonyl (C=O) groups excluding carboxylic acids is 1. The summed E-state index contributed by atoms with van der Waals surface area (Å²) in [4.78, 5) is 12.2. The molecule has 1 aliphatic rings. The third-order valence-corrected chi connectivity index (χ3v) is 4.85. The summed E-state index contributed by atoms with van der Waals surface area (Å²) in [7, 11) is 0. The van der Waals surface area contributed by atoms with Gasteiger partial charge in [0.25, 0.3) is 0 Å². The predicted molar refractivity (Wildman–Crippen MR) is 88.7 cm³/mol. The fourth-order valence-electron chi connectivity index (χ4n) is 3.09. The molecule has 2 atom stereocenters. The van der Waals surface area contributed by atoms with Crippen LogP contribution in [-0.2, 0) is 22.6 Å². The first kappa shape index (κ1) is 20.5. The average Bonchev–Trinajstić information content (AvgIpc) is 3.16. The maximum atomic E-state index is 14.1. The second kappa shape index (κ2) is 7.44. The van der Waals surface area contributed by atoms with Crippen LogP contribution in [-0.4, -0.2) is 5.97 Å². The fraction of sp³-hybridized carbons (Fsp3) is 0.400. The standard InChI is InChI=1S/C20H17F4NO2/c1-5-6-11-15(21)17(23)12(18(24)16(11)22)9-27-19(26)14-13(20(14,3)4)7-10(2)8-25/h1,7,13-14H,6,9H2,2-4H3/b10-7+/t13-,14+/m1/s1. The molecule has 0 unspecified atom stereocenters. The summed E-state index contributed by atoms with van der Waals surface area (Å²) in [5.74, 6) is -6.22. The lowest BCUT2D eigenvalue weighted by atomic mass is 10.1. The zero-order chi connectivity index (χ0) is 20.5. The molecule has 1 aromatic carbocycles. The van der Waals surface area contributed by atoms with Gasteiger partial charge in [0.2, 0.25) is 0 Å². The van der Waals surface area contributed by atoms with Crippen LogP contribution in [0.25, 0.3) is 0 Å². The lowest BCUT2D eigenvalue weighted by Gasteiger charge is -2.11. The lowest BCUT2D eigenvalue weighted by molar-refractivity contribution is -0.147. The molecular formula is C20H17F4NO2. The highest BCUT2D eigenvalue weighted by atomic mass is 19.2. The van der Waals surface area contributed by atoms with E-state index < -0.39 is 64.7 Å². The van der Waals surface area contributed by atoms with Gasteiger partial charge in [-0.15, -0.1) is 12.3 Å². The van der Waals surface area contributed by atoms with Gasteiger partial charge in [-0.25, -0.2) is 17.6 Å². The molecule has 0 aliphatic heterocycles. The van der Waals surface area contributed by atoms with E-state index in [1.54, 1.807) is 26.8 Å². The summed E-state index contributed by atoms with van der Waals surface area (Å²) >= 11 is 0. The number of nitrogens with zero attached hydrogens (tertiary/aromatic N) is 1. The number of benzene rings is 1. The molecule has 0 amide bonds. The number of terminal acetylenes is 1. The van der Waals surface area contributed by atoms with Crippen molar-refractivity contribution in [1.29, 1.82) is 5.26 Å².